The van der Waals surface area contributed by atoms with Gasteiger partial charge in [-0.2, -0.15) is 0 Å². The van der Waals surface area contributed by atoms with E-state index in [1.54, 1.807) is 6.33 Å². The average molecular weight is 229 g/mol. The zero-order valence-electron chi connectivity index (χ0n) is 8.47. The fraction of sp³-hybridized carbons (Fsp3) is 0. The van der Waals surface area contributed by atoms with Crippen LogP contribution < -0.4 is 0 Å². The smallest absolute Gasteiger partial charge is 0.0992 e. The molecule has 3 aromatic rings. The van der Waals surface area contributed by atoms with E-state index in [-0.39, 0.29) is 0 Å². The number of benzene rings is 1. The molecule has 0 amide bonds. The molecule has 0 saturated heterocycles. The summed E-state index contributed by atoms with van der Waals surface area (Å²) >= 11 is 6.00. The van der Waals surface area contributed by atoms with Crippen LogP contribution in [0.25, 0.3) is 16.6 Å². The van der Waals surface area contributed by atoms with Crippen molar-refractivity contribution in [3.8, 4) is 11.1 Å². The standard InChI is InChI=1S/C13H9ClN2/c14-11-4-1-3-10(7-11)12-5-2-6-16-9-15-8-13(12)16/h1-9H. The molecule has 0 radical (unpaired) electrons. The van der Waals surface area contributed by atoms with Gasteiger partial charge in [0.25, 0.3) is 0 Å². The van der Waals surface area contributed by atoms with Crippen LogP contribution in [0.15, 0.2) is 55.1 Å². The first-order valence-corrected chi connectivity index (χ1v) is 5.39. The Kier molecular flexibility index (Phi) is 2.15. The second kappa shape index (κ2) is 3.65. The maximum absolute atomic E-state index is 6.00. The topological polar surface area (TPSA) is 17.3 Å². The molecule has 0 unspecified atom stereocenters. The monoisotopic (exact) mass is 228 g/mol. The van der Waals surface area contributed by atoms with Crippen molar-refractivity contribution in [1.29, 1.82) is 0 Å². The van der Waals surface area contributed by atoms with Crippen molar-refractivity contribution in [3.05, 3.63) is 60.1 Å². The van der Waals surface area contributed by atoms with Crippen molar-refractivity contribution in [2.75, 3.05) is 0 Å². The Bertz CT molecular complexity index is 643. The molecule has 2 heterocycles. The van der Waals surface area contributed by atoms with E-state index in [9.17, 15) is 0 Å². The Morgan fingerprint density at radius 1 is 1.12 bits per heavy atom. The van der Waals surface area contributed by atoms with Crippen molar-refractivity contribution < 1.29 is 0 Å². The first-order chi connectivity index (χ1) is 7.84. The van der Waals surface area contributed by atoms with Gasteiger partial charge in [-0.05, 0) is 23.8 Å². The van der Waals surface area contributed by atoms with Gasteiger partial charge < -0.3 is 4.40 Å². The summed E-state index contributed by atoms with van der Waals surface area (Å²) in [4.78, 5) is 4.14. The minimum Gasteiger partial charge on any atom is -0.306 e. The van der Waals surface area contributed by atoms with Crippen LogP contribution in [0.4, 0.5) is 0 Å². The number of hydrogen-bond acceptors (Lipinski definition) is 1. The molecule has 16 heavy (non-hydrogen) atoms. The Morgan fingerprint density at radius 3 is 2.94 bits per heavy atom. The SMILES string of the molecule is Clc1cccc(-c2cccn3cncc23)c1. The molecule has 0 aliphatic carbocycles. The lowest BCUT2D eigenvalue weighted by molar-refractivity contribution is 1.15. The lowest BCUT2D eigenvalue weighted by Crippen LogP contribution is -1.85. The van der Waals surface area contributed by atoms with E-state index in [0.717, 1.165) is 21.7 Å². The molecule has 0 aliphatic rings. The summed E-state index contributed by atoms with van der Waals surface area (Å²) < 4.78 is 2.00. The number of pyridine rings is 1. The van der Waals surface area contributed by atoms with E-state index < -0.39 is 0 Å². The number of nitrogens with zero attached hydrogens (tertiary/aromatic N) is 2. The highest BCUT2D eigenvalue weighted by Crippen LogP contribution is 2.26. The van der Waals surface area contributed by atoms with Gasteiger partial charge in [0, 0.05) is 16.8 Å². The lowest BCUT2D eigenvalue weighted by Gasteiger charge is -2.04. The summed E-state index contributed by atoms with van der Waals surface area (Å²) in [6.45, 7) is 0. The number of aromatic nitrogens is 2. The lowest BCUT2D eigenvalue weighted by atomic mass is 10.1. The van der Waals surface area contributed by atoms with E-state index in [0.29, 0.717) is 0 Å². The molecule has 0 spiro atoms. The molecular formula is C13H9ClN2. The largest absolute Gasteiger partial charge is 0.306 e. The zero-order valence-corrected chi connectivity index (χ0v) is 9.22. The van der Waals surface area contributed by atoms with Gasteiger partial charge in [-0.1, -0.05) is 29.8 Å². The van der Waals surface area contributed by atoms with Gasteiger partial charge in [-0.25, -0.2) is 4.98 Å². The molecule has 0 aliphatic heterocycles. The fourth-order valence-corrected chi connectivity index (χ4v) is 2.04. The summed E-state index contributed by atoms with van der Waals surface area (Å²) in [7, 11) is 0. The van der Waals surface area contributed by atoms with E-state index >= 15 is 0 Å². The van der Waals surface area contributed by atoms with Gasteiger partial charge in [-0.15, -0.1) is 0 Å². The molecule has 2 aromatic heterocycles. The molecular weight excluding hydrogens is 220 g/mol. The highest BCUT2D eigenvalue weighted by Gasteiger charge is 2.03. The third-order valence-corrected chi connectivity index (χ3v) is 2.82. The van der Waals surface area contributed by atoms with Gasteiger partial charge in [0.15, 0.2) is 0 Å². The third kappa shape index (κ3) is 1.48. The van der Waals surface area contributed by atoms with Crippen LogP contribution >= 0.6 is 11.6 Å². The third-order valence-electron chi connectivity index (χ3n) is 2.59. The van der Waals surface area contributed by atoms with E-state index in [1.807, 2.05) is 47.1 Å². The summed E-state index contributed by atoms with van der Waals surface area (Å²) in [5, 5.41) is 0.749. The second-order valence-corrected chi connectivity index (χ2v) is 4.05. The molecule has 0 N–H and O–H groups in total. The Balaban J connectivity index is 2.29. The summed E-state index contributed by atoms with van der Waals surface area (Å²) in [6.07, 6.45) is 5.63. The maximum Gasteiger partial charge on any atom is 0.0992 e. The maximum atomic E-state index is 6.00. The van der Waals surface area contributed by atoms with E-state index in [4.69, 9.17) is 11.6 Å². The molecule has 3 heteroatoms. The van der Waals surface area contributed by atoms with Gasteiger partial charge in [0.2, 0.25) is 0 Å². The Hall–Kier alpha value is -1.80. The van der Waals surface area contributed by atoms with E-state index in [1.165, 1.54) is 0 Å². The van der Waals surface area contributed by atoms with Crippen molar-refractivity contribution in [2.45, 2.75) is 0 Å². The van der Waals surface area contributed by atoms with Crippen LogP contribution in [0.1, 0.15) is 0 Å². The fourth-order valence-electron chi connectivity index (χ4n) is 1.85. The summed E-state index contributed by atoms with van der Waals surface area (Å²) in [5.41, 5.74) is 3.34. The van der Waals surface area contributed by atoms with Gasteiger partial charge in [0.1, 0.15) is 0 Å². The van der Waals surface area contributed by atoms with Crippen molar-refractivity contribution in [2.24, 2.45) is 0 Å². The molecule has 78 valence electrons. The minimum absolute atomic E-state index is 0.749. The highest BCUT2D eigenvalue weighted by molar-refractivity contribution is 6.30. The Labute approximate surface area is 98.1 Å². The van der Waals surface area contributed by atoms with E-state index in [2.05, 4.69) is 11.1 Å². The quantitative estimate of drug-likeness (QED) is 0.621. The van der Waals surface area contributed by atoms with Crippen LogP contribution in [-0.4, -0.2) is 9.38 Å². The Morgan fingerprint density at radius 2 is 2.06 bits per heavy atom. The molecule has 1 aromatic carbocycles. The first-order valence-electron chi connectivity index (χ1n) is 5.01. The highest BCUT2D eigenvalue weighted by atomic mass is 35.5. The van der Waals surface area contributed by atoms with Crippen molar-refractivity contribution in [1.82, 2.24) is 9.38 Å². The normalized spacial score (nSPS) is 10.8. The van der Waals surface area contributed by atoms with Crippen molar-refractivity contribution >= 4 is 17.1 Å². The van der Waals surface area contributed by atoms with Crippen LogP contribution in [0, 0.1) is 0 Å². The molecule has 0 bridgehead atoms. The number of fused-ring (bicyclic) bond motifs is 1. The first kappa shape index (κ1) is 9.43. The summed E-state index contributed by atoms with van der Waals surface area (Å²) in [5.74, 6) is 0. The second-order valence-electron chi connectivity index (χ2n) is 3.62. The number of imidazole rings is 1. The van der Waals surface area contributed by atoms with Gasteiger partial charge >= 0.3 is 0 Å². The predicted molar refractivity (Wildman–Crippen MR) is 65.6 cm³/mol. The summed E-state index contributed by atoms with van der Waals surface area (Å²) in [6, 6.07) is 11.9. The van der Waals surface area contributed by atoms with Crippen LogP contribution in [0.5, 0.6) is 0 Å². The molecule has 0 saturated carbocycles. The van der Waals surface area contributed by atoms with Gasteiger partial charge in [-0.3, -0.25) is 0 Å². The van der Waals surface area contributed by atoms with Crippen LogP contribution in [0.2, 0.25) is 5.02 Å². The van der Waals surface area contributed by atoms with Crippen molar-refractivity contribution in [3.63, 3.8) is 0 Å². The van der Waals surface area contributed by atoms with Crippen LogP contribution in [0.3, 0.4) is 0 Å². The van der Waals surface area contributed by atoms with Crippen LogP contribution in [-0.2, 0) is 0 Å². The predicted octanol–water partition coefficient (Wildman–Crippen LogP) is 3.65. The molecule has 0 atom stereocenters. The number of rotatable bonds is 1. The van der Waals surface area contributed by atoms with Gasteiger partial charge in [0.05, 0.1) is 18.0 Å². The molecule has 0 fully saturated rings. The zero-order chi connectivity index (χ0) is 11.0. The number of hydrogen-bond donors (Lipinski definition) is 0. The molecule has 3 rings (SSSR count). The number of halogens is 1. The average Bonchev–Trinajstić information content (AvgIpc) is 2.76. The minimum atomic E-state index is 0.749. The molecule has 2 nitrogen and oxygen atoms in total.